The number of hydrogen-bond acceptors (Lipinski definition) is 5. The van der Waals surface area contributed by atoms with Crippen LogP contribution < -0.4 is 10.2 Å². The molecule has 156 valence electrons. The van der Waals surface area contributed by atoms with Crippen LogP contribution in [-0.2, 0) is 9.53 Å². The number of nitrogens with zero attached hydrogens (tertiary/aromatic N) is 1. The molecular formula is C22H29N3O4. The minimum atomic E-state index is -0.667. The van der Waals surface area contributed by atoms with Crippen LogP contribution in [0.3, 0.4) is 0 Å². The van der Waals surface area contributed by atoms with Gasteiger partial charge in [-0.2, -0.15) is 0 Å². The SMILES string of the molecule is CCN(c1ccc(NC(=O)COC(=O)c2[nH]c(C)c(C(C)=O)c2C)cc1)C(C)C. The molecule has 7 nitrogen and oxygen atoms in total. The number of rotatable bonds is 8. The fourth-order valence-corrected chi connectivity index (χ4v) is 3.46. The van der Waals surface area contributed by atoms with Crippen LogP contribution in [0.2, 0.25) is 0 Å². The van der Waals surface area contributed by atoms with Crippen molar-refractivity contribution in [3.8, 4) is 0 Å². The van der Waals surface area contributed by atoms with Gasteiger partial charge in [0.25, 0.3) is 5.91 Å². The number of benzene rings is 1. The van der Waals surface area contributed by atoms with Gasteiger partial charge in [-0.25, -0.2) is 4.79 Å². The molecule has 0 radical (unpaired) electrons. The van der Waals surface area contributed by atoms with E-state index < -0.39 is 18.5 Å². The van der Waals surface area contributed by atoms with Crippen molar-refractivity contribution in [1.29, 1.82) is 0 Å². The molecule has 1 heterocycles. The van der Waals surface area contributed by atoms with E-state index in [1.165, 1.54) is 6.92 Å². The molecule has 2 N–H and O–H groups in total. The minimum absolute atomic E-state index is 0.129. The van der Waals surface area contributed by atoms with E-state index in [2.05, 4.69) is 36.0 Å². The molecule has 7 heteroatoms. The third kappa shape index (κ3) is 5.25. The van der Waals surface area contributed by atoms with E-state index in [1.807, 2.05) is 24.3 Å². The first-order valence-corrected chi connectivity index (χ1v) is 9.69. The van der Waals surface area contributed by atoms with Crippen molar-refractivity contribution >= 4 is 29.0 Å². The summed E-state index contributed by atoms with van der Waals surface area (Å²) in [5.74, 6) is -1.23. The van der Waals surface area contributed by atoms with Crippen LogP contribution >= 0.6 is 0 Å². The number of anilines is 2. The number of aryl methyl sites for hydroxylation is 1. The maximum absolute atomic E-state index is 12.3. The van der Waals surface area contributed by atoms with Crippen molar-refractivity contribution in [1.82, 2.24) is 4.98 Å². The molecule has 0 atom stereocenters. The molecule has 0 spiro atoms. The molecule has 0 unspecified atom stereocenters. The van der Waals surface area contributed by atoms with Gasteiger partial charge in [-0.3, -0.25) is 9.59 Å². The van der Waals surface area contributed by atoms with Crippen molar-refractivity contribution in [2.24, 2.45) is 0 Å². The highest BCUT2D eigenvalue weighted by Crippen LogP contribution is 2.21. The number of ketones is 1. The van der Waals surface area contributed by atoms with Gasteiger partial charge in [-0.1, -0.05) is 0 Å². The van der Waals surface area contributed by atoms with Crippen molar-refractivity contribution in [2.75, 3.05) is 23.4 Å². The van der Waals surface area contributed by atoms with Crippen LogP contribution in [0.25, 0.3) is 0 Å². The second-order valence-electron chi connectivity index (χ2n) is 7.23. The van der Waals surface area contributed by atoms with E-state index in [-0.39, 0.29) is 11.5 Å². The first-order valence-electron chi connectivity index (χ1n) is 9.69. The van der Waals surface area contributed by atoms with Crippen molar-refractivity contribution in [2.45, 2.75) is 47.6 Å². The number of carbonyl (C=O) groups excluding carboxylic acids is 3. The molecule has 0 saturated carbocycles. The number of H-pyrrole nitrogens is 1. The predicted octanol–water partition coefficient (Wildman–Crippen LogP) is 3.86. The number of amides is 1. The fraction of sp³-hybridized carbons (Fsp3) is 0.409. The summed E-state index contributed by atoms with van der Waals surface area (Å²) in [6, 6.07) is 7.90. The third-order valence-corrected chi connectivity index (χ3v) is 4.77. The Kier molecular flexibility index (Phi) is 7.20. The zero-order chi connectivity index (χ0) is 21.7. The number of esters is 1. The lowest BCUT2D eigenvalue weighted by atomic mass is 10.1. The monoisotopic (exact) mass is 399 g/mol. The summed E-state index contributed by atoms with van der Waals surface area (Å²) in [4.78, 5) is 41.2. The van der Waals surface area contributed by atoms with Crippen LogP contribution in [-0.4, -0.2) is 41.8 Å². The first kappa shape index (κ1) is 22.2. The van der Waals surface area contributed by atoms with Gasteiger partial charge in [0, 0.05) is 35.2 Å². The molecule has 2 rings (SSSR count). The van der Waals surface area contributed by atoms with Gasteiger partial charge in [0.05, 0.1) is 0 Å². The van der Waals surface area contributed by atoms with E-state index >= 15 is 0 Å². The van der Waals surface area contributed by atoms with E-state index in [0.29, 0.717) is 28.6 Å². The summed E-state index contributed by atoms with van der Waals surface area (Å²) >= 11 is 0. The summed E-state index contributed by atoms with van der Waals surface area (Å²) in [7, 11) is 0. The number of ether oxygens (including phenoxy) is 1. The molecule has 1 aromatic heterocycles. The number of aromatic nitrogens is 1. The lowest BCUT2D eigenvalue weighted by molar-refractivity contribution is -0.119. The van der Waals surface area contributed by atoms with Gasteiger partial charge in [0.1, 0.15) is 5.69 Å². The number of aromatic amines is 1. The quantitative estimate of drug-likeness (QED) is 0.519. The van der Waals surface area contributed by atoms with Gasteiger partial charge in [-0.15, -0.1) is 0 Å². The zero-order valence-electron chi connectivity index (χ0n) is 17.9. The highest BCUT2D eigenvalue weighted by atomic mass is 16.5. The van der Waals surface area contributed by atoms with E-state index in [1.54, 1.807) is 13.8 Å². The molecular weight excluding hydrogens is 370 g/mol. The predicted molar refractivity (Wildman–Crippen MR) is 114 cm³/mol. The molecule has 29 heavy (non-hydrogen) atoms. The Bertz CT molecular complexity index is 898. The van der Waals surface area contributed by atoms with Crippen molar-refractivity contribution in [3.63, 3.8) is 0 Å². The van der Waals surface area contributed by atoms with Crippen LogP contribution in [0.1, 0.15) is 59.8 Å². The van der Waals surface area contributed by atoms with Crippen LogP contribution in [0, 0.1) is 13.8 Å². The minimum Gasteiger partial charge on any atom is -0.451 e. The third-order valence-electron chi connectivity index (χ3n) is 4.77. The zero-order valence-corrected chi connectivity index (χ0v) is 17.9. The number of nitrogens with one attached hydrogen (secondary N) is 2. The van der Waals surface area contributed by atoms with Gasteiger partial charge >= 0.3 is 5.97 Å². The van der Waals surface area contributed by atoms with Crippen LogP contribution in [0.4, 0.5) is 11.4 Å². The summed E-state index contributed by atoms with van der Waals surface area (Å²) < 4.78 is 5.10. The average Bonchev–Trinajstić information content (AvgIpc) is 2.96. The van der Waals surface area contributed by atoms with Gasteiger partial charge in [0.15, 0.2) is 12.4 Å². The highest BCUT2D eigenvalue weighted by Gasteiger charge is 2.21. The molecule has 2 aromatic rings. The van der Waals surface area contributed by atoms with E-state index in [4.69, 9.17) is 4.74 Å². The Morgan fingerprint density at radius 1 is 1.14 bits per heavy atom. The van der Waals surface area contributed by atoms with Crippen LogP contribution in [0.5, 0.6) is 0 Å². The highest BCUT2D eigenvalue weighted by molar-refractivity contribution is 6.01. The number of carbonyl (C=O) groups is 3. The maximum Gasteiger partial charge on any atom is 0.355 e. The molecule has 0 bridgehead atoms. The largest absolute Gasteiger partial charge is 0.451 e. The van der Waals surface area contributed by atoms with Gasteiger partial charge in [0.2, 0.25) is 0 Å². The lowest BCUT2D eigenvalue weighted by Gasteiger charge is -2.27. The number of hydrogen-bond donors (Lipinski definition) is 2. The number of Topliss-reactive ketones (excluding diaryl/α,β-unsaturated/α-hetero) is 1. The second kappa shape index (κ2) is 9.41. The Labute approximate surface area is 171 Å². The van der Waals surface area contributed by atoms with Crippen molar-refractivity contribution in [3.05, 3.63) is 46.8 Å². The smallest absolute Gasteiger partial charge is 0.355 e. The molecule has 0 aliphatic heterocycles. The van der Waals surface area contributed by atoms with Gasteiger partial charge < -0.3 is 19.9 Å². The van der Waals surface area contributed by atoms with E-state index in [0.717, 1.165) is 12.2 Å². The normalized spacial score (nSPS) is 10.7. The summed E-state index contributed by atoms with van der Waals surface area (Å²) in [5.41, 5.74) is 3.50. The molecule has 0 saturated heterocycles. The summed E-state index contributed by atoms with van der Waals surface area (Å²) in [5, 5.41) is 2.71. The van der Waals surface area contributed by atoms with E-state index in [9.17, 15) is 14.4 Å². The first-order chi connectivity index (χ1) is 13.6. The Morgan fingerprint density at radius 3 is 2.24 bits per heavy atom. The Morgan fingerprint density at radius 2 is 1.76 bits per heavy atom. The summed E-state index contributed by atoms with van der Waals surface area (Å²) in [6.45, 7) is 11.7. The standard InChI is InChI=1S/C22H29N3O4/c1-7-25(13(2)3)18-10-8-17(9-11-18)24-19(27)12-29-22(28)21-14(4)20(16(6)26)15(5)23-21/h8-11,13,23H,7,12H2,1-6H3,(H,24,27). The second-order valence-corrected chi connectivity index (χ2v) is 7.23. The fourth-order valence-electron chi connectivity index (χ4n) is 3.46. The molecule has 0 fully saturated rings. The molecule has 1 amide bonds. The lowest BCUT2D eigenvalue weighted by Crippen LogP contribution is -2.30. The van der Waals surface area contributed by atoms with Crippen molar-refractivity contribution < 1.29 is 19.1 Å². The molecule has 0 aliphatic rings. The molecule has 0 aliphatic carbocycles. The Balaban J connectivity index is 1.96. The van der Waals surface area contributed by atoms with Gasteiger partial charge in [-0.05, 0) is 71.4 Å². The van der Waals surface area contributed by atoms with Crippen LogP contribution in [0.15, 0.2) is 24.3 Å². The average molecular weight is 399 g/mol. The summed E-state index contributed by atoms with van der Waals surface area (Å²) in [6.07, 6.45) is 0. The Hall–Kier alpha value is -3.09. The maximum atomic E-state index is 12.3. The molecule has 1 aromatic carbocycles. The topological polar surface area (TPSA) is 91.5 Å².